The molecule has 0 saturated carbocycles. The monoisotopic (exact) mass is 316 g/mol. The number of aliphatic hydroxyl groups excluding tert-OH is 1. The molecular formula is C16H13BrO2. The van der Waals surface area contributed by atoms with Gasteiger partial charge in [0.25, 0.3) is 0 Å². The van der Waals surface area contributed by atoms with E-state index >= 15 is 0 Å². The summed E-state index contributed by atoms with van der Waals surface area (Å²) in [6, 6.07) is 15.4. The van der Waals surface area contributed by atoms with Crippen LogP contribution >= 0.6 is 15.9 Å². The molecule has 0 aliphatic heterocycles. The van der Waals surface area contributed by atoms with Gasteiger partial charge in [-0.1, -0.05) is 52.3 Å². The van der Waals surface area contributed by atoms with Gasteiger partial charge in [0.2, 0.25) is 0 Å². The molecule has 2 nitrogen and oxygen atoms in total. The third kappa shape index (κ3) is 2.57. The minimum Gasteiger partial charge on any atom is -0.483 e. The van der Waals surface area contributed by atoms with E-state index < -0.39 is 6.10 Å². The molecule has 0 bridgehead atoms. The Labute approximate surface area is 120 Å². The maximum absolute atomic E-state index is 10.4. The average molecular weight is 317 g/mol. The summed E-state index contributed by atoms with van der Waals surface area (Å²) in [6.45, 7) is 0. The number of aliphatic hydroxyl groups is 1. The van der Waals surface area contributed by atoms with E-state index in [1.165, 1.54) is 0 Å². The molecule has 0 unspecified atom stereocenters. The molecule has 0 heterocycles. The maximum atomic E-state index is 10.4. The van der Waals surface area contributed by atoms with Crippen molar-refractivity contribution in [3.8, 4) is 5.75 Å². The highest BCUT2D eigenvalue weighted by molar-refractivity contribution is 9.10. The Morgan fingerprint density at radius 2 is 1.89 bits per heavy atom. The van der Waals surface area contributed by atoms with Gasteiger partial charge in [-0.05, 0) is 35.4 Å². The molecule has 3 heteroatoms. The number of hydrogen-bond donors (Lipinski definition) is 1. The van der Waals surface area contributed by atoms with Crippen molar-refractivity contribution in [3.63, 3.8) is 0 Å². The molecule has 2 atom stereocenters. The smallest absolute Gasteiger partial charge is 0.147 e. The standard InChI is InChI=1S/C16H13BrO2/c17-12-5-3-6-13(10-12)19-15-9-8-11-4-1-2-7-14(11)16(15)18/h1-10,15-16,18H/t15-,16-/m0/s1. The predicted molar refractivity (Wildman–Crippen MR) is 79.0 cm³/mol. The molecule has 1 aliphatic rings. The van der Waals surface area contributed by atoms with Crippen molar-refractivity contribution in [2.24, 2.45) is 0 Å². The molecular weight excluding hydrogens is 304 g/mol. The lowest BCUT2D eigenvalue weighted by atomic mass is 9.93. The van der Waals surface area contributed by atoms with Crippen LogP contribution in [0.2, 0.25) is 0 Å². The van der Waals surface area contributed by atoms with Gasteiger partial charge in [0.15, 0.2) is 0 Å². The number of benzene rings is 2. The van der Waals surface area contributed by atoms with Crippen molar-refractivity contribution in [2.45, 2.75) is 12.2 Å². The molecule has 3 rings (SSSR count). The van der Waals surface area contributed by atoms with Crippen LogP contribution in [0.5, 0.6) is 5.75 Å². The van der Waals surface area contributed by atoms with E-state index in [9.17, 15) is 5.11 Å². The summed E-state index contributed by atoms with van der Waals surface area (Å²) in [5.74, 6) is 0.738. The van der Waals surface area contributed by atoms with E-state index in [0.717, 1.165) is 21.3 Å². The molecule has 96 valence electrons. The fraction of sp³-hybridized carbons (Fsp3) is 0.125. The van der Waals surface area contributed by atoms with Crippen LogP contribution in [0.25, 0.3) is 6.08 Å². The summed E-state index contributed by atoms with van der Waals surface area (Å²) in [5.41, 5.74) is 1.95. The maximum Gasteiger partial charge on any atom is 0.147 e. The lowest BCUT2D eigenvalue weighted by Crippen LogP contribution is -2.25. The minimum absolute atomic E-state index is 0.357. The van der Waals surface area contributed by atoms with Crippen LogP contribution in [0, 0.1) is 0 Å². The van der Waals surface area contributed by atoms with E-state index in [4.69, 9.17) is 4.74 Å². The van der Waals surface area contributed by atoms with Crippen molar-refractivity contribution < 1.29 is 9.84 Å². The third-order valence-electron chi connectivity index (χ3n) is 3.16. The molecule has 0 amide bonds. The Morgan fingerprint density at radius 1 is 1.05 bits per heavy atom. The largest absolute Gasteiger partial charge is 0.483 e. The molecule has 0 saturated heterocycles. The summed E-state index contributed by atoms with van der Waals surface area (Å²) < 4.78 is 6.80. The van der Waals surface area contributed by atoms with Gasteiger partial charge in [-0.15, -0.1) is 0 Å². The van der Waals surface area contributed by atoms with E-state index in [2.05, 4.69) is 15.9 Å². The zero-order chi connectivity index (χ0) is 13.2. The van der Waals surface area contributed by atoms with Crippen LogP contribution in [0.15, 0.2) is 59.1 Å². The first-order valence-electron chi connectivity index (χ1n) is 6.11. The molecule has 0 radical (unpaired) electrons. The van der Waals surface area contributed by atoms with Gasteiger partial charge >= 0.3 is 0 Å². The molecule has 0 aromatic heterocycles. The van der Waals surface area contributed by atoms with Crippen LogP contribution in [0.4, 0.5) is 0 Å². The van der Waals surface area contributed by atoms with E-state index in [0.29, 0.717) is 0 Å². The summed E-state index contributed by atoms with van der Waals surface area (Å²) in [7, 11) is 0. The fourth-order valence-electron chi connectivity index (χ4n) is 2.21. The first-order chi connectivity index (χ1) is 9.24. The Hall–Kier alpha value is -1.58. The topological polar surface area (TPSA) is 29.5 Å². The lowest BCUT2D eigenvalue weighted by molar-refractivity contribution is 0.0623. The predicted octanol–water partition coefficient (Wildman–Crippen LogP) is 3.96. The van der Waals surface area contributed by atoms with Gasteiger partial charge in [-0.2, -0.15) is 0 Å². The molecule has 1 N–H and O–H groups in total. The fourth-order valence-corrected chi connectivity index (χ4v) is 2.59. The minimum atomic E-state index is -0.639. The Kier molecular flexibility index (Phi) is 3.40. The SMILES string of the molecule is O[C@H]1c2ccccc2C=C[C@@H]1Oc1cccc(Br)c1. The highest BCUT2D eigenvalue weighted by Crippen LogP contribution is 2.31. The zero-order valence-electron chi connectivity index (χ0n) is 10.2. The number of ether oxygens (including phenoxy) is 1. The average Bonchev–Trinajstić information content (AvgIpc) is 2.42. The lowest BCUT2D eigenvalue weighted by Gasteiger charge is -2.26. The van der Waals surface area contributed by atoms with Gasteiger partial charge < -0.3 is 9.84 Å². The quantitative estimate of drug-likeness (QED) is 0.908. The van der Waals surface area contributed by atoms with Crippen LogP contribution in [-0.2, 0) is 0 Å². The van der Waals surface area contributed by atoms with E-state index in [-0.39, 0.29) is 6.10 Å². The molecule has 2 aromatic carbocycles. The first-order valence-corrected chi connectivity index (χ1v) is 6.91. The molecule has 2 aromatic rings. The second kappa shape index (κ2) is 5.19. The van der Waals surface area contributed by atoms with Gasteiger partial charge in [0.1, 0.15) is 18.0 Å². The van der Waals surface area contributed by atoms with Crippen molar-refractivity contribution in [1.29, 1.82) is 0 Å². The number of fused-ring (bicyclic) bond motifs is 1. The summed E-state index contributed by atoms with van der Waals surface area (Å²) in [4.78, 5) is 0. The van der Waals surface area contributed by atoms with Crippen molar-refractivity contribution in [2.75, 3.05) is 0 Å². The normalized spacial score (nSPS) is 20.9. The van der Waals surface area contributed by atoms with Gasteiger partial charge in [-0.3, -0.25) is 0 Å². The Balaban J connectivity index is 1.85. The van der Waals surface area contributed by atoms with Gasteiger partial charge in [0.05, 0.1) is 0 Å². The number of hydrogen-bond acceptors (Lipinski definition) is 2. The van der Waals surface area contributed by atoms with Gasteiger partial charge in [-0.25, -0.2) is 0 Å². The third-order valence-corrected chi connectivity index (χ3v) is 3.65. The molecule has 19 heavy (non-hydrogen) atoms. The zero-order valence-corrected chi connectivity index (χ0v) is 11.7. The second-order valence-corrected chi connectivity index (χ2v) is 5.39. The molecule has 0 fully saturated rings. The highest BCUT2D eigenvalue weighted by atomic mass is 79.9. The summed E-state index contributed by atoms with van der Waals surface area (Å²) in [5, 5.41) is 10.4. The van der Waals surface area contributed by atoms with E-state index in [1.54, 1.807) is 0 Å². The Morgan fingerprint density at radius 3 is 2.74 bits per heavy atom. The number of halogens is 1. The molecule has 1 aliphatic carbocycles. The summed E-state index contributed by atoms with van der Waals surface area (Å²) in [6.07, 6.45) is 2.89. The molecule has 0 spiro atoms. The van der Waals surface area contributed by atoms with Crippen LogP contribution in [-0.4, -0.2) is 11.2 Å². The van der Waals surface area contributed by atoms with Crippen molar-refractivity contribution in [3.05, 3.63) is 70.2 Å². The Bertz CT molecular complexity index is 622. The first kappa shape index (κ1) is 12.5. The highest BCUT2D eigenvalue weighted by Gasteiger charge is 2.25. The van der Waals surface area contributed by atoms with Crippen molar-refractivity contribution >= 4 is 22.0 Å². The van der Waals surface area contributed by atoms with Crippen molar-refractivity contribution in [1.82, 2.24) is 0 Å². The van der Waals surface area contributed by atoms with Crippen LogP contribution in [0.3, 0.4) is 0 Å². The second-order valence-electron chi connectivity index (χ2n) is 4.47. The van der Waals surface area contributed by atoms with Gasteiger partial charge in [0, 0.05) is 4.47 Å². The number of rotatable bonds is 2. The van der Waals surface area contributed by atoms with Crippen LogP contribution < -0.4 is 4.74 Å². The summed E-state index contributed by atoms with van der Waals surface area (Å²) >= 11 is 3.41. The van der Waals surface area contributed by atoms with Crippen LogP contribution in [0.1, 0.15) is 17.2 Å². The van der Waals surface area contributed by atoms with E-state index in [1.807, 2.05) is 60.7 Å².